The third kappa shape index (κ3) is 6.84. The van der Waals surface area contributed by atoms with E-state index in [-0.39, 0.29) is 43.0 Å². The average molecular weight is 496 g/mol. The second-order valence-electron chi connectivity index (χ2n) is 10.8. The third-order valence-corrected chi connectivity index (χ3v) is 9.10. The largest absolute Gasteiger partial charge is 0.391 e. The minimum absolute atomic E-state index is 0.0638. The molecule has 4 fully saturated rings. The molecule has 0 aromatic carbocycles. The molecule has 33 heavy (non-hydrogen) atoms. The van der Waals surface area contributed by atoms with E-state index in [1.165, 1.54) is 32.1 Å². The fourth-order valence-electron chi connectivity index (χ4n) is 6.58. The first-order chi connectivity index (χ1) is 15.6. The number of hydrogen-bond acceptors (Lipinski definition) is 5. The number of hydrogen-bond donors (Lipinski definition) is 2. The molecule has 4 aliphatic rings. The van der Waals surface area contributed by atoms with Gasteiger partial charge in [0.15, 0.2) is 0 Å². The Hall–Kier alpha value is -0.420. The molecule has 4 rings (SSSR count). The Morgan fingerprint density at radius 2 is 1.70 bits per heavy atom. The molecule has 1 aliphatic heterocycles. The number of hydrazine groups is 1. The fourth-order valence-corrected chi connectivity index (χ4v) is 7.07. The van der Waals surface area contributed by atoms with Gasteiger partial charge in [0.25, 0.3) is 0 Å². The molecule has 0 spiro atoms. The van der Waals surface area contributed by atoms with Gasteiger partial charge in [0, 0.05) is 31.3 Å². The average Bonchev–Trinajstić information content (AvgIpc) is 3.14. The van der Waals surface area contributed by atoms with Gasteiger partial charge >= 0.3 is 6.18 Å². The maximum absolute atomic E-state index is 13.1. The third-order valence-electron chi connectivity index (χ3n) is 8.41. The Bertz CT molecular complexity index is 737. The molecule has 6 nitrogen and oxygen atoms in total. The lowest BCUT2D eigenvalue weighted by Gasteiger charge is -2.41. The summed E-state index contributed by atoms with van der Waals surface area (Å²) in [6.07, 6.45) is 7.76. The number of rotatable bonds is 7. The number of nitrogens with zero attached hydrogens (tertiary/aromatic N) is 1. The van der Waals surface area contributed by atoms with E-state index < -0.39 is 22.1 Å². The van der Waals surface area contributed by atoms with Gasteiger partial charge in [-0.15, -0.1) is 0 Å². The van der Waals surface area contributed by atoms with Crippen LogP contribution in [-0.4, -0.2) is 63.2 Å². The Morgan fingerprint density at radius 3 is 2.33 bits per heavy atom. The molecular weight excluding hydrogens is 455 g/mol. The van der Waals surface area contributed by atoms with E-state index in [9.17, 15) is 21.6 Å². The Morgan fingerprint density at radius 1 is 1.00 bits per heavy atom. The molecule has 1 heterocycles. The van der Waals surface area contributed by atoms with Crippen LogP contribution in [0, 0.1) is 17.8 Å². The van der Waals surface area contributed by atoms with Gasteiger partial charge in [0.1, 0.15) is 0 Å². The lowest BCUT2D eigenvalue weighted by Crippen LogP contribution is -2.50. The van der Waals surface area contributed by atoms with Crippen LogP contribution in [0.15, 0.2) is 0 Å². The molecule has 1 saturated heterocycles. The van der Waals surface area contributed by atoms with Crippen LogP contribution in [0.5, 0.6) is 0 Å². The minimum atomic E-state index is -4.11. The minimum Gasteiger partial charge on any atom is -0.378 e. The lowest BCUT2D eigenvalue weighted by molar-refractivity contribution is -0.185. The summed E-state index contributed by atoms with van der Waals surface area (Å²) in [5, 5.41) is 2.20. The van der Waals surface area contributed by atoms with Gasteiger partial charge < -0.3 is 4.74 Å². The van der Waals surface area contributed by atoms with Crippen molar-refractivity contribution in [2.75, 3.05) is 19.4 Å². The van der Waals surface area contributed by atoms with Crippen molar-refractivity contribution < 1.29 is 26.3 Å². The molecule has 0 bridgehead atoms. The first-order valence-electron chi connectivity index (χ1n) is 12.8. The van der Waals surface area contributed by atoms with Gasteiger partial charge in [0.2, 0.25) is 10.0 Å². The number of nitrogens with one attached hydrogen (secondary N) is 2. The van der Waals surface area contributed by atoms with Crippen molar-refractivity contribution >= 4 is 10.0 Å². The van der Waals surface area contributed by atoms with E-state index in [1.54, 1.807) is 0 Å². The van der Waals surface area contributed by atoms with Crippen molar-refractivity contribution in [1.82, 2.24) is 15.2 Å². The Labute approximate surface area is 196 Å². The van der Waals surface area contributed by atoms with E-state index in [1.807, 2.05) is 0 Å². The molecule has 3 saturated carbocycles. The van der Waals surface area contributed by atoms with Gasteiger partial charge in [-0.05, 0) is 69.6 Å². The predicted molar refractivity (Wildman–Crippen MR) is 121 cm³/mol. The van der Waals surface area contributed by atoms with Crippen molar-refractivity contribution in [3.63, 3.8) is 0 Å². The van der Waals surface area contributed by atoms with E-state index in [0.717, 1.165) is 32.1 Å². The fraction of sp³-hybridized carbons (Fsp3) is 1.00. The van der Waals surface area contributed by atoms with Crippen molar-refractivity contribution in [3.05, 3.63) is 0 Å². The van der Waals surface area contributed by atoms with Crippen LogP contribution in [0.25, 0.3) is 0 Å². The van der Waals surface area contributed by atoms with Gasteiger partial charge in [-0.2, -0.15) is 13.2 Å². The first kappa shape index (κ1) is 25.7. The molecule has 0 amide bonds. The molecule has 2 N–H and O–H groups in total. The van der Waals surface area contributed by atoms with Crippen LogP contribution in [0.4, 0.5) is 13.2 Å². The van der Waals surface area contributed by atoms with E-state index in [2.05, 4.69) is 15.2 Å². The maximum atomic E-state index is 13.1. The number of fused-ring (bicyclic) bond motifs is 1. The molecule has 0 aromatic rings. The zero-order chi connectivity index (χ0) is 23.6. The van der Waals surface area contributed by atoms with Gasteiger partial charge in [0.05, 0.1) is 18.3 Å². The normalized spacial score (nSPS) is 37.2. The quantitative estimate of drug-likeness (QED) is 0.559. The number of sulfonamides is 1. The van der Waals surface area contributed by atoms with Crippen LogP contribution in [-0.2, 0) is 14.8 Å². The predicted octanol–water partition coefficient (Wildman–Crippen LogP) is 3.98. The molecule has 3 aliphatic carbocycles. The van der Waals surface area contributed by atoms with Gasteiger partial charge in [-0.25, -0.2) is 23.6 Å². The summed E-state index contributed by atoms with van der Waals surface area (Å²) in [5.41, 5.74) is 3.52. The second kappa shape index (κ2) is 10.7. The zero-order valence-electron chi connectivity index (χ0n) is 19.7. The van der Waals surface area contributed by atoms with Gasteiger partial charge in [-0.1, -0.05) is 19.3 Å². The zero-order valence-corrected chi connectivity index (χ0v) is 20.5. The van der Waals surface area contributed by atoms with Gasteiger partial charge in [-0.3, -0.25) is 0 Å². The summed E-state index contributed by atoms with van der Waals surface area (Å²) >= 11 is 0. The number of halogens is 3. The molecule has 10 heteroatoms. The van der Waals surface area contributed by atoms with Crippen molar-refractivity contribution in [1.29, 1.82) is 0 Å². The lowest BCUT2D eigenvalue weighted by atomic mass is 9.78. The molecule has 0 aromatic heterocycles. The van der Waals surface area contributed by atoms with Crippen LogP contribution in [0.2, 0.25) is 0 Å². The van der Waals surface area contributed by atoms with Crippen molar-refractivity contribution in [2.45, 2.75) is 107 Å². The Balaban J connectivity index is 1.37. The summed E-state index contributed by atoms with van der Waals surface area (Å²) in [4.78, 5) is 0. The summed E-state index contributed by atoms with van der Waals surface area (Å²) in [6, 6.07) is 0.225. The van der Waals surface area contributed by atoms with Crippen LogP contribution >= 0.6 is 0 Å². The highest BCUT2D eigenvalue weighted by atomic mass is 32.2. The smallest absolute Gasteiger partial charge is 0.378 e. The molecule has 192 valence electrons. The van der Waals surface area contributed by atoms with E-state index >= 15 is 0 Å². The van der Waals surface area contributed by atoms with E-state index in [0.29, 0.717) is 25.3 Å². The number of ether oxygens (including phenoxy) is 1. The summed E-state index contributed by atoms with van der Waals surface area (Å²) in [7, 11) is -3.32. The highest BCUT2D eigenvalue weighted by Gasteiger charge is 2.49. The van der Waals surface area contributed by atoms with Crippen molar-refractivity contribution in [2.24, 2.45) is 17.8 Å². The topological polar surface area (TPSA) is 70.7 Å². The molecule has 4 unspecified atom stereocenters. The van der Waals surface area contributed by atoms with Crippen LogP contribution < -0.4 is 10.1 Å². The molecule has 0 radical (unpaired) electrons. The summed E-state index contributed by atoms with van der Waals surface area (Å²) in [6.45, 7) is 1.11. The second-order valence-corrected chi connectivity index (χ2v) is 12.6. The van der Waals surface area contributed by atoms with Crippen LogP contribution in [0.3, 0.4) is 0 Å². The first-order valence-corrected chi connectivity index (χ1v) is 14.7. The van der Waals surface area contributed by atoms with E-state index in [4.69, 9.17) is 4.74 Å². The maximum Gasteiger partial charge on any atom is 0.391 e. The molecular formula is C23H40F3N3O3S. The highest BCUT2D eigenvalue weighted by molar-refractivity contribution is 7.88. The van der Waals surface area contributed by atoms with Crippen LogP contribution in [0.1, 0.15) is 77.0 Å². The standard InChI is InChI=1S/C23H40F3N3O3S/c1-33(30,31)27-14-21-20-13-19(32-15-16-5-3-2-4-6-16)11-12-22(20)29(28-21)18-9-7-17(8-10-18)23(24,25)26/h16-22,27-28H,2-15H2,1H3. The molecule has 4 atom stereocenters. The summed E-state index contributed by atoms with van der Waals surface area (Å²) in [5.74, 6) is -0.315. The van der Waals surface area contributed by atoms with Crippen molar-refractivity contribution in [3.8, 4) is 0 Å². The SMILES string of the molecule is CS(=O)(=O)NCC1NN(C2CCC(C(F)(F)F)CC2)C2CCC(OCC3CCCCC3)CC12. The highest BCUT2D eigenvalue weighted by Crippen LogP contribution is 2.43. The Kier molecular flexibility index (Phi) is 8.31. The number of alkyl halides is 3. The summed E-state index contributed by atoms with van der Waals surface area (Å²) < 4.78 is 71.8. The monoisotopic (exact) mass is 495 g/mol.